The number of amides is 1. The standard InChI is InChI=1S/C16H21NO4/c1-11(17-16(18)12-4-6-19-7-5-12)13-2-3-14-15(10-13)21-9-8-20-14/h2-3,10-12H,4-9H2,1H3,(H,17,18)/t11-/m1/s1. The zero-order valence-corrected chi connectivity index (χ0v) is 12.3. The van der Waals surface area contributed by atoms with E-state index >= 15 is 0 Å². The molecule has 2 aliphatic heterocycles. The van der Waals surface area contributed by atoms with Crippen LogP contribution in [-0.2, 0) is 9.53 Å². The third-order valence-corrected chi connectivity index (χ3v) is 4.02. The van der Waals surface area contributed by atoms with Crippen molar-refractivity contribution in [2.24, 2.45) is 5.92 Å². The van der Waals surface area contributed by atoms with Crippen molar-refractivity contribution >= 4 is 5.91 Å². The highest BCUT2D eigenvalue weighted by Gasteiger charge is 2.23. The first-order chi connectivity index (χ1) is 10.2. The Morgan fingerprint density at radius 3 is 2.62 bits per heavy atom. The second-order valence-electron chi connectivity index (χ2n) is 5.52. The van der Waals surface area contributed by atoms with E-state index in [1.807, 2.05) is 25.1 Å². The highest BCUT2D eigenvalue weighted by Crippen LogP contribution is 2.32. The first-order valence-electron chi connectivity index (χ1n) is 7.51. The summed E-state index contributed by atoms with van der Waals surface area (Å²) in [6, 6.07) is 5.78. The van der Waals surface area contributed by atoms with Crippen molar-refractivity contribution in [2.75, 3.05) is 26.4 Å². The molecule has 0 aromatic heterocycles. The predicted molar refractivity (Wildman–Crippen MR) is 77.5 cm³/mol. The lowest BCUT2D eigenvalue weighted by molar-refractivity contribution is -0.128. The summed E-state index contributed by atoms with van der Waals surface area (Å²) in [6.45, 7) is 4.50. The number of rotatable bonds is 3. The summed E-state index contributed by atoms with van der Waals surface area (Å²) in [5.74, 6) is 1.71. The molecule has 2 heterocycles. The largest absolute Gasteiger partial charge is 0.486 e. The van der Waals surface area contributed by atoms with Gasteiger partial charge in [0.25, 0.3) is 0 Å². The topological polar surface area (TPSA) is 56.8 Å². The molecule has 0 aliphatic carbocycles. The molecule has 0 unspecified atom stereocenters. The Morgan fingerprint density at radius 2 is 1.86 bits per heavy atom. The fourth-order valence-corrected chi connectivity index (χ4v) is 2.70. The molecule has 1 fully saturated rings. The molecule has 21 heavy (non-hydrogen) atoms. The molecule has 5 heteroatoms. The van der Waals surface area contributed by atoms with Gasteiger partial charge in [-0.25, -0.2) is 0 Å². The lowest BCUT2D eigenvalue weighted by atomic mass is 9.98. The van der Waals surface area contributed by atoms with Crippen LogP contribution in [0.15, 0.2) is 18.2 Å². The van der Waals surface area contributed by atoms with Gasteiger partial charge in [-0.2, -0.15) is 0 Å². The van der Waals surface area contributed by atoms with Gasteiger partial charge in [0.1, 0.15) is 13.2 Å². The van der Waals surface area contributed by atoms with Crippen LogP contribution >= 0.6 is 0 Å². The molecule has 1 atom stereocenters. The first-order valence-corrected chi connectivity index (χ1v) is 7.51. The van der Waals surface area contributed by atoms with Crippen molar-refractivity contribution in [3.05, 3.63) is 23.8 Å². The van der Waals surface area contributed by atoms with Gasteiger partial charge >= 0.3 is 0 Å². The Labute approximate surface area is 124 Å². The van der Waals surface area contributed by atoms with Crippen LogP contribution in [0.1, 0.15) is 31.4 Å². The van der Waals surface area contributed by atoms with Crippen LogP contribution in [0.5, 0.6) is 11.5 Å². The Morgan fingerprint density at radius 1 is 1.14 bits per heavy atom. The Bertz CT molecular complexity index is 511. The first kappa shape index (κ1) is 14.2. The van der Waals surface area contributed by atoms with Crippen LogP contribution in [0, 0.1) is 5.92 Å². The minimum absolute atomic E-state index is 0.0452. The number of carbonyl (C=O) groups is 1. The van der Waals surface area contributed by atoms with Crippen LogP contribution in [0.3, 0.4) is 0 Å². The molecule has 1 aromatic rings. The van der Waals surface area contributed by atoms with Gasteiger partial charge in [-0.15, -0.1) is 0 Å². The smallest absolute Gasteiger partial charge is 0.223 e. The number of nitrogens with one attached hydrogen (secondary N) is 1. The van der Waals surface area contributed by atoms with Gasteiger partial charge in [0, 0.05) is 19.1 Å². The number of carbonyl (C=O) groups excluding carboxylic acids is 1. The predicted octanol–water partition coefficient (Wildman–Crippen LogP) is 2.06. The summed E-state index contributed by atoms with van der Waals surface area (Å²) in [7, 11) is 0. The van der Waals surface area contributed by atoms with Gasteiger partial charge in [-0.05, 0) is 37.5 Å². The number of benzene rings is 1. The van der Waals surface area contributed by atoms with Crippen LogP contribution in [0.25, 0.3) is 0 Å². The molecule has 2 aliphatic rings. The normalized spacial score (nSPS) is 19.9. The van der Waals surface area contributed by atoms with Crippen LogP contribution < -0.4 is 14.8 Å². The molecule has 0 spiro atoms. The number of fused-ring (bicyclic) bond motifs is 1. The van der Waals surface area contributed by atoms with E-state index < -0.39 is 0 Å². The summed E-state index contributed by atoms with van der Waals surface area (Å²) >= 11 is 0. The van der Waals surface area contributed by atoms with Gasteiger partial charge in [0.15, 0.2) is 11.5 Å². The van der Waals surface area contributed by atoms with Crippen molar-refractivity contribution in [3.63, 3.8) is 0 Å². The van der Waals surface area contributed by atoms with Gasteiger partial charge in [0.05, 0.1) is 6.04 Å². The van der Waals surface area contributed by atoms with Crippen LogP contribution in [0.4, 0.5) is 0 Å². The monoisotopic (exact) mass is 291 g/mol. The second-order valence-corrected chi connectivity index (χ2v) is 5.52. The molecular formula is C16H21NO4. The zero-order chi connectivity index (χ0) is 14.7. The van der Waals surface area contributed by atoms with Crippen molar-refractivity contribution in [2.45, 2.75) is 25.8 Å². The van der Waals surface area contributed by atoms with Gasteiger partial charge in [-0.1, -0.05) is 6.07 Å². The molecule has 1 amide bonds. The maximum atomic E-state index is 12.2. The van der Waals surface area contributed by atoms with Crippen LogP contribution in [0.2, 0.25) is 0 Å². The maximum Gasteiger partial charge on any atom is 0.223 e. The third kappa shape index (κ3) is 3.29. The Balaban J connectivity index is 1.64. The van der Waals surface area contributed by atoms with E-state index in [-0.39, 0.29) is 17.9 Å². The van der Waals surface area contributed by atoms with Gasteiger partial charge in [-0.3, -0.25) is 4.79 Å². The van der Waals surface area contributed by atoms with E-state index in [0.717, 1.165) is 29.9 Å². The molecule has 1 aromatic carbocycles. The fourth-order valence-electron chi connectivity index (χ4n) is 2.70. The average Bonchev–Trinajstić information content (AvgIpc) is 2.55. The third-order valence-electron chi connectivity index (χ3n) is 4.02. The van der Waals surface area contributed by atoms with Crippen molar-refractivity contribution in [1.82, 2.24) is 5.32 Å². The molecular weight excluding hydrogens is 270 g/mol. The minimum atomic E-state index is -0.0452. The average molecular weight is 291 g/mol. The van der Waals surface area contributed by atoms with Gasteiger partial charge in [0.2, 0.25) is 5.91 Å². The van der Waals surface area contributed by atoms with E-state index in [1.54, 1.807) is 0 Å². The number of hydrogen-bond acceptors (Lipinski definition) is 4. The molecule has 114 valence electrons. The SMILES string of the molecule is C[C@@H](NC(=O)C1CCOCC1)c1ccc2c(c1)OCCO2. The molecule has 1 N–H and O–H groups in total. The Hall–Kier alpha value is -1.75. The number of ether oxygens (including phenoxy) is 3. The zero-order valence-electron chi connectivity index (χ0n) is 12.3. The van der Waals surface area contributed by atoms with E-state index in [2.05, 4.69) is 5.32 Å². The van der Waals surface area contributed by atoms with Crippen molar-refractivity contribution < 1.29 is 19.0 Å². The summed E-state index contributed by atoms with van der Waals surface area (Å²) < 4.78 is 16.4. The van der Waals surface area contributed by atoms with E-state index in [4.69, 9.17) is 14.2 Å². The summed E-state index contributed by atoms with van der Waals surface area (Å²) in [4.78, 5) is 12.2. The molecule has 3 rings (SSSR count). The minimum Gasteiger partial charge on any atom is -0.486 e. The summed E-state index contributed by atoms with van der Waals surface area (Å²) in [5.41, 5.74) is 1.03. The van der Waals surface area contributed by atoms with Crippen molar-refractivity contribution in [3.8, 4) is 11.5 Å². The van der Waals surface area contributed by atoms with Crippen molar-refractivity contribution in [1.29, 1.82) is 0 Å². The lowest BCUT2D eigenvalue weighted by Gasteiger charge is -2.24. The highest BCUT2D eigenvalue weighted by atomic mass is 16.6. The van der Waals surface area contributed by atoms with E-state index in [9.17, 15) is 4.79 Å². The quantitative estimate of drug-likeness (QED) is 0.926. The molecule has 1 saturated heterocycles. The summed E-state index contributed by atoms with van der Waals surface area (Å²) in [5, 5.41) is 3.08. The second kappa shape index (κ2) is 6.35. The van der Waals surface area contributed by atoms with Crippen LogP contribution in [-0.4, -0.2) is 32.3 Å². The number of hydrogen-bond donors (Lipinski definition) is 1. The fraction of sp³-hybridized carbons (Fsp3) is 0.562. The Kier molecular flexibility index (Phi) is 4.29. The van der Waals surface area contributed by atoms with Gasteiger partial charge < -0.3 is 19.5 Å². The molecule has 0 radical (unpaired) electrons. The highest BCUT2D eigenvalue weighted by molar-refractivity contribution is 5.79. The lowest BCUT2D eigenvalue weighted by Crippen LogP contribution is -2.35. The van der Waals surface area contributed by atoms with E-state index in [0.29, 0.717) is 26.4 Å². The molecule has 5 nitrogen and oxygen atoms in total. The summed E-state index contributed by atoms with van der Waals surface area (Å²) in [6.07, 6.45) is 1.61. The molecule has 0 saturated carbocycles. The van der Waals surface area contributed by atoms with E-state index in [1.165, 1.54) is 0 Å². The maximum absolute atomic E-state index is 12.2. The molecule has 0 bridgehead atoms.